The lowest BCUT2D eigenvalue weighted by molar-refractivity contribution is -0.118. The minimum absolute atomic E-state index is 0.0225. The highest BCUT2D eigenvalue weighted by atomic mass is 35.5. The molecule has 0 unspecified atom stereocenters. The fourth-order valence-corrected chi connectivity index (χ4v) is 1.91. The molecular weight excluding hydrogens is 234 g/mol. The van der Waals surface area contributed by atoms with Crippen molar-refractivity contribution in [2.45, 2.75) is 6.54 Å². The van der Waals surface area contributed by atoms with Crippen molar-refractivity contribution in [3.8, 4) is 0 Å². The molecule has 1 aromatic heterocycles. The van der Waals surface area contributed by atoms with Crippen molar-refractivity contribution in [3.63, 3.8) is 0 Å². The summed E-state index contributed by atoms with van der Waals surface area (Å²) >= 11 is 6.55. The van der Waals surface area contributed by atoms with Gasteiger partial charge in [0.25, 0.3) is 0 Å². The van der Waals surface area contributed by atoms with E-state index in [1.54, 1.807) is 0 Å². The maximum Gasteiger partial charge on any atom is 0.235 e. The van der Waals surface area contributed by atoms with E-state index in [4.69, 9.17) is 11.6 Å². The number of benzene rings is 1. The average Bonchev–Trinajstić information content (AvgIpc) is 2.74. The summed E-state index contributed by atoms with van der Waals surface area (Å²) in [5.74, 6) is -0.206. The highest BCUT2D eigenvalue weighted by Gasteiger charge is 2.05. The summed E-state index contributed by atoms with van der Waals surface area (Å²) in [6, 6.07) is 5.70. The van der Waals surface area contributed by atoms with E-state index in [0.29, 0.717) is 6.54 Å². The second kappa shape index (κ2) is 4.55. The first-order valence-corrected chi connectivity index (χ1v) is 5.60. The van der Waals surface area contributed by atoms with Crippen LogP contribution in [0.25, 0.3) is 11.0 Å². The topological polar surface area (TPSA) is 54.9 Å². The number of nitrogens with zero attached hydrogens (tertiary/aromatic N) is 2. The zero-order valence-corrected chi connectivity index (χ0v) is 9.31. The van der Waals surface area contributed by atoms with Gasteiger partial charge in [-0.25, -0.2) is 0 Å². The lowest BCUT2D eigenvalue weighted by Gasteiger charge is -2.02. The lowest BCUT2D eigenvalue weighted by atomic mass is 10.2. The van der Waals surface area contributed by atoms with E-state index >= 15 is 0 Å². The molecule has 0 spiro atoms. The molecular formula is C9H8ClN3OS. The van der Waals surface area contributed by atoms with Crippen molar-refractivity contribution >= 4 is 40.3 Å². The van der Waals surface area contributed by atoms with Crippen LogP contribution in [0.4, 0.5) is 0 Å². The average molecular weight is 242 g/mol. The molecule has 0 saturated heterocycles. The molecule has 78 valence electrons. The van der Waals surface area contributed by atoms with Gasteiger partial charge < -0.3 is 5.32 Å². The highest BCUT2D eigenvalue weighted by molar-refractivity contribution is 7.00. The molecule has 2 aromatic rings. The van der Waals surface area contributed by atoms with Crippen LogP contribution in [0.2, 0.25) is 0 Å². The number of carbonyl (C=O) groups excluding carboxylic acids is 1. The third kappa shape index (κ3) is 2.24. The van der Waals surface area contributed by atoms with E-state index in [1.807, 2.05) is 18.2 Å². The van der Waals surface area contributed by atoms with Gasteiger partial charge in [0.2, 0.25) is 5.91 Å². The van der Waals surface area contributed by atoms with Crippen LogP contribution in [0.1, 0.15) is 5.56 Å². The van der Waals surface area contributed by atoms with Gasteiger partial charge in [-0.05, 0) is 6.07 Å². The lowest BCUT2D eigenvalue weighted by Crippen LogP contribution is -2.23. The van der Waals surface area contributed by atoms with Crippen LogP contribution in [0.3, 0.4) is 0 Å². The van der Waals surface area contributed by atoms with E-state index in [-0.39, 0.29) is 11.8 Å². The Morgan fingerprint density at radius 2 is 2.33 bits per heavy atom. The van der Waals surface area contributed by atoms with Gasteiger partial charge in [-0.2, -0.15) is 8.75 Å². The smallest absolute Gasteiger partial charge is 0.235 e. The molecule has 6 heteroatoms. The molecule has 0 aliphatic rings. The van der Waals surface area contributed by atoms with Gasteiger partial charge in [-0.1, -0.05) is 12.1 Å². The van der Waals surface area contributed by atoms with Crippen LogP contribution in [-0.4, -0.2) is 20.5 Å². The molecule has 0 atom stereocenters. The monoisotopic (exact) mass is 241 g/mol. The maximum absolute atomic E-state index is 11.0. The molecule has 1 aromatic carbocycles. The summed E-state index contributed by atoms with van der Waals surface area (Å²) in [6.45, 7) is 0.439. The van der Waals surface area contributed by atoms with Gasteiger partial charge in [0.15, 0.2) is 0 Å². The number of amides is 1. The van der Waals surface area contributed by atoms with E-state index in [1.165, 1.54) is 11.7 Å². The summed E-state index contributed by atoms with van der Waals surface area (Å²) in [4.78, 5) is 11.0. The maximum atomic E-state index is 11.0. The first-order valence-electron chi connectivity index (χ1n) is 4.34. The Bertz CT molecular complexity index is 485. The second-order valence-electron chi connectivity index (χ2n) is 2.96. The Morgan fingerprint density at radius 1 is 1.47 bits per heavy atom. The summed E-state index contributed by atoms with van der Waals surface area (Å²) < 4.78 is 8.29. The minimum Gasteiger partial charge on any atom is -0.351 e. The number of halogens is 1. The molecule has 0 aliphatic heterocycles. The van der Waals surface area contributed by atoms with E-state index in [9.17, 15) is 4.79 Å². The number of nitrogens with one attached hydrogen (secondary N) is 1. The minimum atomic E-state index is -0.183. The molecule has 0 bridgehead atoms. The molecule has 1 heterocycles. The van der Waals surface area contributed by atoms with Crippen molar-refractivity contribution < 1.29 is 4.79 Å². The standard InChI is InChI=1S/C9H8ClN3OS/c10-4-8(14)11-5-6-2-1-3-7-9(6)13-15-12-7/h1-3H,4-5H2,(H,11,14). The van der Waals surface area contributed by atoms with Gasteiger partial charge >= 0.3 is 0 Å². The van der Waals surface area contributed by atoms with Gasteiger partial charge in [0.1, 0.15) is 16.9 Å². The summed E-state index contributed by atoms with van der Waals surface area (Å²) in [5, 5.41) is 2.70. The number of fused-ring (bicyclic) bond motifs is 1. The molecule has 0 aliphatic carbocycles. The molecule has 0 fully saturated rings. The highest BCUT2D eigenvalue weighted by Crippen LogP contribution is 2.15. The van der Waals surface area contributed by atoms with Crippen molar-refractivity contribution in [2.75, 3.05) is 5.88 Å². The Kier molecular flexibility index (Phi) is 3.13. The number of aromatic nitrogens is 2. The number of carbonyl (C=O) groups is 1. The quantitative estimate of drug-likeness (QED) is 0.830. The van der Waals surface area contributed by atoms with Gasteiger partial charge in [0, 0.05) is 12.1 Å². The van der Waals surface area contributed by atoms with E-state index < -0.39 is 0 Å². The van der Waals surface area contributed by atoms with Crippen LogP contribution in [0, 0.1) is 0 Å². The van der Waals surface area contributed by atoms with Gasteiger partial charge in [-0.3, -0.25) is 4.79 Å². The molecule has 15 heavy (non-hydrogen) atoms. The summed E-state index contributed by atoms with van der Waals surface area (Å²) in [5.41, 5.74) is 2.66. The van der Waals surface area contributed by atoms with Crippen LogP contribution in [-0.2, 0) is 11.3 Å². The number of rotatable bonds is 3. The number of hydrogen-bond acceptors (Lipinski definition) is 4. The van der Waals surface area contributed by atoms with Crippen LogP contribution in [0.15, 0.2) is 18.2 Å². The SMILES string of the molecule is O=C(CCl)NCc1cccc2nsnc12. The second-order valence-corrected chi connectivity index (χ2v) is 3.76. The van der Waals surface area contributed by atoms with Crippen molar-refractivity contribution in [1.82, 2.24) is 14.1 Å². The molecule has 1 amide bonds. The zero-order valence-electron chi connectivity index (χ0n) is 7.74. The normalized spacial score (nSPS) is 10.5. The Morgan fingerprint density at radius 3 is 3.13 bits per heavy atom. The number of hydrogen-bond donors (Lipinski definition) is 1. The molecule has 2 rings (SSSR count). The van der Waals surface area contributed by atoms with E-state index in [0.717, 1.165) is 16.6 Å². The van der Waals surface area contributed by atoms with Gasteiger partial charge in [-0.15, -0.1) is 11.6 Å². The predicted octanol–water partition coefficient (Wildman–Crippen LogP) is 1.55. The van der Waals surface area contributed by atoms with Crippen LogP contribution < -0.4 is 5.32 Å². The largest absolute Gasteiger partial charge is 0.351 e. The van der Waals surface area contributed by atoms with Crippen molar-refractivity contribution in [3.05, 3.63) is 23.8 Å². The van der Waals surface area contributed by atoms with Crippen molar-refractivity contribution in [2.24, 2.45) is 0 Å². The number of alkyl halides is 1. The third-order valence-electron chi connectivity index (χ3n) is 1.97. The Labute approximate surface area is 95.6 Å². The molecule has 0 radical (unpaired) electrons. The molecule has 4 nitrogen and oxygen atoms in total. The summed E-state index contributed by atoms with van der Waals surface area (Å²) in [6.07, 6.45) is 0. The third-order valence-corrected chi connectivity index (χ3v) is 2.75. The zero-order chi connectivity index (χ0) is 10.7. The van der Waals surface area contributed by atoms with Crippen LogP contribution >= 0.6 is 23.3 Å². The van der Waals surface area contributed by atoms with Crippen molar-refractivity contribution in [1.29, 1.82) is 0 Å². The first-order chi connectivity index (χ1) is 7.31. The predicted molar refractivity (Wildman–Crippen MR) is 60.0 cm³/mol. The molecule has 0 saturated carbocycles. The first kappa shape index (κ1) is 10.3. The van der Waals surface area contributed by atoms with E-state index in [2.05, 4.69) is 14.1 Å². The van der Waals surface area contributed by atoms with Gasteiger partial charge in [0.05, 0.1) is 11.7 Å². The fourth-order valence-electron chi connectivity index (χ4n) is 1.25. The Hall–Kier alpha value is -1.20. The summed E-state index contributed by atoms with van der Waals surface area (Å²) in [7, 11) is 0. The Balaban J connectivity index is 2.20. The van der Waals surface area contributed by atoms with Crippen LogP contribution in [0.5, 0.6) is 0 Å². The molecule has 1 N–H and O–H groups in total. The fraction of sp³-hybridized carbons (Fsp3) is 0.222.